The number of anilines is 1. The molecule has 0 amide bonds. The molecule has 0 bridgehead atoms. The number of nitrogens with zero attached hydrogens (tertiary/aromatic N) is 3. The first-order valence-electron chi connectivity index (χ1n) is 8.88. The van der Waals surface area contributed by atoms with Crippen molar-refractivity contribution in [2.75, 3.05) is 5.32 Å². The van der Waals surface area contributed by atoms with Gasteiger partial charge in [-0.15, -0.1) is 0 Å². The minimum absolute atomic E-state index is 0.118. The lowest BCUT2D eigenvalue weighted by molar-refractivity contribution is 0.629. The summed E-state index contributed by atoms with van der Waals surface area (Å²) in [4.78, 5) is 9.43. The van der Waals surface area contributed by atoms with E-state index in [1.165, 1.54) is 0 Å². The SMILES string of the molecule is CC(C)(C)Nc1c(-c2ccc(Cl)cc2)nc2cnc(-c3ccccc3)cn12. The van der Waals surface area contributed by atoms with Gasteiger partial charge in [-0.1, -0.05) is 54.1 Å². The average molecular weight is 377 g/mol. The molecule has 2 aromatic carbocycles. The van der Waals surface area contributed by atoms with Crippen LogP contribution < -0.4 is 5.32 Å². The number of nitrogens with one attached hydrogen (secondary N) is 1. The zero-order chi connectivity index (χ0) is 19.0. The van der Waals surface area contributed by atoms with Crippen LogP contribution in [0.4, 0.5) is 5.82 Å². The van der Waals surface area contributed by atoms with Crippen LogP contribution in [0.25, 0.3) is 28.2 Å². The van der Waals surface area contributed by atoms with E-state index >= 15 is 0 Å². The van der Waals surface area contributed by atoms with Gasteiger partial charge in [-0.05, 0) is 32.9 Å². The number of rotatable bonds is 3. The Morgan fingerprint density at radius 1 is 0.926 bits per heavy atom. The predicted molar refractivity (Wildman–Crippen MR) is 112 cm³/mol. The lowest BCUT2D eigenvalue weighted by atomic mass is 10.1. The van der Waals surface area contributed by atoms with Gasteiger partial charge >= 0.3 is 0 Å². The Kier molecular flexibility index (Phi) is 4.36. The first kappa shape index (κ1) is 17.6. The highest BCUT2D eigenvalue weighted by Crippen LogP contribution is 2.32. The largest absolute Gasteiger partial charge is 0.365 e. The number of benzene rings is 2. The standard InChI is InChI=1S/C22H21ClN4/c1-22(2,3)26-21-20(16-9-11-17(23)12-10-16)25-19-13-24-18(14-27(19)21)15-7-5-4-6-8-15/h4-14,26H,1-3H3. The highest BCUT2D eigenvalue weighted by molar-refractivity contribution is 6.30. The molecule has 4 rings (SSSR count). The van der Waals surface area contributed by atoms with Gasteiger partial charge in [0.1, 0.15) is 11.5 Å². The van der Waals surface area contributed by atoms with Gasteiger partial charge in [0.2, 0.25) is 0 Å². The Labute approximate surface area is 163 Å². The predicted octanol–water partition coefficient (Wildman–Crippen LogP) is 5.93. The summed E-state index contributed by atoms with van der Waals surface area (Å²) in [5, 5.41) is 4.31. The normalized spacial score (nSPS) is 11.7. The molecule has 136 valence electrons. The van der Waals surface area contributed by atoms with Crippen LogP contribution in [0.5, 0.6) is 0 Å². The van der Waals surface area contributed by atoms with Crippen molar-refractivity contribution in [2.45, 2.75) is 26.3 Å². The van der Waals surface area contributed by atoms with E-state index in [0.717, 1.165) is 34.0 Å². The minimum atomic E-state index is -0.118. The van der Waals surface area contributed by atoms with Crippen LogP contribution >= 0.6 is 11.6 Å². The fourth-order valence-electron chi connectivity index (χ4n) is 3.00. The van der Waals surface area contributed by atoms with Crippen molar-refractivity contribution >= 4 is 23.1 Å². The molecule has 0 saturated carbocycles. The summed E-state index contributed by atoms with van der Waals surface area (Å²) < 4.78 is 2.07. The van der Waals surface area contributed by atoms with E-state index in [1.54, 1.807) is 0 Å². The maximum absolute atomic E-state index is 6.06. The van der Waals surface area contributed by atoms with Crippen molar-refractivity contribution in [3.8, 4) is 22.5 Å². The topological polar surface area (TPSA) is 42.2 Å². The number of hydrogen-bond acceptors (Lipinski definition) is 3. The number of imidazole rings is 1. The number of hydrogen-bond donors (Lipinski definition) is 1. The second kappa shape index (κ2) is 6.71. The third-order valence-electron chi connectivity index (χ3n) is 4.19. The Bertz CT molecular complexity index is 1080. The van der Waals surface area contributed by atoms with Crippen molar-refractivity contribution < 1.29 is 0 Å². The van der Waals surface area contributed by atoms with E-state index in [9.17, 15) is 0 Å². The van der Waals surface area contributed by atoms with Crippen molar-refractivity contribution in [2.24, 2.45) is 0 Å². The van der Waals surface area contributed by atoms with Gasteiger partial charge in [-0.3, -0.25) is 9.38 Å². The fourth-order valence-corrected chi connectivity index (χ4v) is 3.12. The molecule has 0 atom stereocenters. The third-order valence-corrected chi connectivity index (χ3v) is 4.44. The summed E-state index contributed by atoms with van der Waals surface area (Å²) in [5.74, 6) is 0.944. The molecule has 27 heavy (non-hydrogen) atoms. The van der Waals surface area contributed by atoms with Crippen molar-refractivity contribution in [3.05, 3.63) is 72.0 Å². The van der Waals surface area contributed by atoms with Crippen molar-refractivity contribution in [1.82, 2.24) is 14.4 Å². The van der Waals surface area contributed by atoms with Gasteiger partial charge in [0, 0.05) is 27.9 Å². The molecule has 0 aliphatic rings. The molecule has 0 aliphatic carbocycles. The molecule has 0 aliphatic heterocycles. The molecule has 5 heteroatoms. The lowest BCUT2D eigenvalue weighted by Gasteiger charge is -2.22. The van der Waals surface area contributed by atoms with Gasteiger partial charge < -0.3 is 5.32 Å². The second-order valence-corrected chi connectivity index (χ2v) is 7.99. The van der Waals surface area contributed by atoms with E-state index in [4.69, 9.17) is 16.6 Å². The molecular weight excluding hydrogens is 356 g/mol. The highest BCUT2D eigenvalue weighted by atomic mass is 35.5. The summed E-state index contributed by atoms with van der Waals surface area (Å²) in [7, 11) is 0. The molecule has 0 spiro atoms. The monoisotopic (exact) mass is 376 g/mol. The maximum atomic E-state index is 6.06. The molecule has 0 saturated heterocycles. The van der Waals surface area contributed by atoms with E-state index in [1.807, 2.05) is 54.9 Å². The maximum Gasteiger partial charge on any atom is 0.157 e. The van der Waals surface area contributed by atoms with E-state index in [2.05, 4.69) is 47.6 Å². The summed E-state index contributed by atoms with van der Waals surface area (Å²) in [6.07, 6.45) is 3.85. The summed E-state index contributed by atoms with van der Waals surface area (Å²) >= 11 is 6.06. The number of fused-ring (bicyclic) bond motifs is 1. The summed E-state index contributed by atoms with van der Waals surface area (Å²) in [6.45, 7) is 6.41. The first-order valence-corrected chi connectivity index (χ1v) is 9.26. The van der Waals surface area contributed by atoms with Gasteiger partial charge in [0.25, 0.3) is 0 Å². The van der Waals surface area contributed by atoms with Crippen LogP contribution in [0.1, 0.15) is 20.8 Å². The van der Waals surface area contributed by atoms with E-state index in [0.29, 0.717) is 5.02 Å². The molecule has 2 aromatic heterocycles. The Morgan fingerprint density at radius 3 is 2.30 bits per heavy atom. The molecule has 0 radical (unpaired) electrons. The van der Waals surface area contributed by atoms with Crippen LogP contribution in [-0.2, 0) is 0 Å². The fraction of sp³-hybridized carbons (Fsp3) is 0.182. The second-order valence-electron chi connectivity index (χ2n) is 7.56. The Morgan fingerprint density at radius 2 is 1.63 bits per heavy atom. The zero-order valence-corrected chi connectivity index (χ0v) is 16.3. The highest BCUT2D eigenvalue weighted by Gasteiger charge is 2.20. The Balaban J connectivity index is 1.92. The van der Waals surface area contributed by atoms with Crippen molar-refractivity contribution in [3.63, 3.8) is 0 Å². The van der Waals surface area contributed by atoms with Gasteiger partial charge in [0.05, 0.1) is 11.9 Å². The molecule has 4 aromatic rings. The van der Waals surface area contributed by atoms with Crippen LogP contribution in [0.3, 0.4) is 0 Å². The van der Waals surface area contributed by atoms with Crippen LogP contribution in [0.2, 0.25) is 5.02 Å². The van der Waals surface area contributed by atoms with Gasteiger partial charge in [0.15, 0.2) is 5.65 Å². The number of halogens is 1. The summed E-state index contributed by atoms with van der Waals surface area (Å²) in [5.41, 5.74) is 4.55. The first-order chi connectivity index (χ1) is 12.9. The zero-order valence-electron chi connectivity index (χ0n) is 15.6. The van der Waals surface area contributed by atoms with E-state index < -0.39 is 0 Å². The van der Waals surface area contributed by atoms with Crippen LogP contribution in [0, 0.1) is 0 Å². The molecular formula is C22H21ClN4. The number of aromatic nitrogens is 3. The average Bonchev–Trinajstić information content (AvgIpc) is 2.99. The molecule has 1 N–H and O–H groups in total. The smallest absolute Gasteiger partial charge is 0.157 e. The third kappa shape index (κ3) is 3.67. The van der Waals surface area contributed by atoms with Crippen LogP contribution in [-0.4, -0.2) is 19.9 Å². The molecule has 0 unspecified atom stereocenters. The minimum Gasteiger partial charge on any atom is -0.365 e. The Hall–Kier alpha value is -2.85. The van der Waals surface area contributed by atoms with Gasteiger partial charge in [-0.25, -0.2) is 4.98 Å². The van der Waals surface area contributed by atoms with Gasteiger partial charge in [-0.2, -0.15) is 0 Å². The summed E-state index contributed by atoms with van der Waals surface area (Å²) in [6, 6.07) is 17.9. The quantitative estimate of drug-likeness (QED) is 0.482. The van der Waals surface area contributed by atoms with E-state index in [-0.39, 0.29) is 5.54 Å². The van der Waals surface area contributed by atoms with Crippen LogP contribution in [0.15, 0.2) is 67.0 Å². The molecule has 0 fully saturated rings. The molecule has 2 heterocycles. The molecule has 4 nitrogen and oxygen atoms in total. The lowest BCUT2D eigenvalue weighted by Crippen LogP contribution is -2.27. The van der Waals surface area contributed by atoms with Crippen molar-refractivity contribution in [1.29, 1.82) is 0 Å².